The minimum absolute atomic E-state index is 0.0354. The second-order valence-electron chi connectivity index (χ2n) is 5.15. The Hall–Kier alpha value is -2.12. The first-order valence-electron chi connectivity index (χ1n) is 7.52. The van der Waals surface area contributed by atoms with Crippen LogP contribution >= 0.6 is 23.1 Å². The first-order valence-corrected chi connectivity index (χ1v) is 9.45. The summed E-state index contributed by atoms with van der Waals surface area (Å²) in [4.78, 5) is 17.4. The SMILES string of the molecule is C[C@@H](SCc1ccccc1)C(=O)NCc1nc(-c2cccs2)no1. The number of hydrogen-bond donors (Lipinski definition) is 1. The molecule has 5 nitrogen and oxygen atoms in total. The summed E-state index contributed by atoms with van der Waals surface area (Å²) in [5.74, 6) is 1.73. The van der Waals surface area contributed by atoms with Gasteiger partial charge in [-0.1, -0.05) is 41.6 Å². The third-order valence-electron chi connectivity index (χ3n) is 3.34. The van der Waals surface area contributed by atoms with Gasteiger partial charge in [-0.05, 0) is 23.9 Å². The summed E-state index contributed by atoms with van der Waals surface area (Å²) in [6.45, 7) is 2.14. The lowest BCUT2D eigenvalue weighted by Gasteiger charge is -2.10. The maximum atomic E-state index is 12.2. The third-order valence-corrected chi connectivity index (χ3v) is 5.42. The zero-order valence-corrected chi connectivity index (χ0v) is 14.8. The van der Waals surface area contributed by atoms with E-state index in [9.17, 15) is 4.79 Å². The number of nitrogens with one attached hydrogen (secondary N) is 1. The molecule has 1 atom stereocenters. The van der Waals surface area contributed by atoms with Crippen LogP contribution in [0.5, 0.6) is 0 Å². The maximum absolute atomic E-state index is 12.2. The highest BCUT2D eigenvalue weighted by Crippen LogP contribution is 2.21. The fourth-order valence-corrected chi connectivity index (χ4v) is 3.53. The Labute approximate surface area is 148 Å². The van der Waals surface area contributed by atoms with Gasteiger partial charge in [-0.25, -0.2) is 0 Å². The Morgan fingerprint density at radius 2 is 2.12 bits per heavy atom. The normalized spacial score (nSPS) is 12.0. The summed E-state index contributed by atoms with van der Waals surface area (Å²) in [6.07, 6.45) is 0. The van der Waals surface area contributed by atoms with Crippen molar-refractivity contribution in [3.8, 4) is 10.7 Å². The molecule has 2 aromatic heterocycles. The van der Waals surface area contributed by atoms with Gasteiger partial charge in [0.15, 0.2) is 0 Å². The van der Waals surface area contributed by atoms with E-state index in [0.29, 0.717) is 11.7 Å². The number of hydrogen-bond acceptors (Lipinski definition) is 6. The molecule has 2 heterocycles. The van der Waals surface area contributed by atoms with Gasteiger partial charge in [-0.15, -0.1) is 23.1 Å². The summed E-state index contributed by atoms with van der Waals surface area (Å²) in [7, 11) is 0. The predicted octanol–water partition coefficient (Wildman–Crippen LogP) is 3.74. The quantitative estimate of drug-likeness (QED) is 0.696. The van der Waals surface area contributed by atoms with Gasteiger partial charge in [0, 0.05) is 5.75 Å². The van der Waals surface area contributed by atoms with Crippen LogP contribution in [-0.4, -0.2) is 21.3 Å². The number of rotatable bonds is 7. The molecule has 0 saturated carbocycles. The van der Waals surface area contributed by atoms with Gasteiger partial charge in [0.2, 0.25) is 17.6 Å². The molecular formula is C17H17N3O2S2. The van der Waals surface area contributed by atoms with Gasteiger partial charge in [-0.2, -0.15) is 4.98 Å². The molecule has 3 rings (SSSR count). The monoisotopic (exact) mass is 359 g/mol. The van der Waals surface area contributed by atoms with E-state index in [1.165, 1.54) is 5.56 Å². The number of thioether (sulfide) groups is 1. The number of carbonyl (C=O) groups is 1. The fraction of sp³-hybridized carbons (Fsp3) is 0.235. The molecule has 3 aromatic rings. The van der Waals surface area contributed by atoms with E-state index in [2.05, 4.69) is 27.6 Å². The van der Waals surface area contributed by atoms with Gasteiger partial charge in [0.1, 0.15) is 0 Å². The molecule has 0 saturated heterocycles. The van der Waals surface area contributed by atoms with Crippen LogP contribution in [0.4, 0.5) is 0 Å². The van der Waals surface area contributed by atoms with Gasteiger partial charge >= 0.3 is 0 Å². The highest BCUT2D eigenvalue weighted by molar-refractivity contribution is 7.99. The van der Waals surface area contributed by atoms with Gasteiger partial charge in [-0.3, -0.25) is 4.79 Å². The lowest BCUT2D eigenvalue weighted by atomic mass is 10.2. The summed E-state index contributed by atoms with van der Waals surface area (Å²) in [6, 6.07) is 14.0. The number of benzene rings is 1. The minimum Gasteiger partial charge on any atom is -0.346 e. The molecule has 0 bridgehead atoms. The molecule has 1 amide bonds. The lowest BCUT2D eigenvalue weighted by Crippen LogP contribution is -2.30. The summed E-state index contributed by atoms with van der Waals surface area (Å²) in [5.41, 5.74) is 1.21. The van der Waals surface area contributed by atoms with Gasteiger partial charge < -0.3 is 9.84 Å². The summed E-state index contributed by atoms with van der Waals surface area (Å²) in [5, 5.41) is 8.58. The highest BCUT2D eigenvalue weighted by atomic mass is 32.2. The second-order valence-corrected chi connectivity index (χ2v) is 7.42. The minimum atomic E-state index is -0.148. The van der Waals surface area contributed by atoms with Crippen LogP contribution in [0.1, 0.15) is 18.4 Å². The third kappa shape index (κ3) is 4.46. The standard InChI is InChI=1S/C17H17N3O2S2/c1-12(24-11-13-6-3-2-4-7-13)17(21)18-10-15-19-16(20-22-15)14-8-5-9-23-14/h2-9,12H,10-11H2,1H3,(H,18,21)/t12-/m1/s1. The zero-order chi connectivity index (χ0) is 16.8. The average molecular weight is 359 g/mol. The predicted molar refractivity (Wildman–Crippen MR) is 96.7 cm³/mol. The van der Waals surface area contributed by atoms with Crippen molar-refractivity contribution in [1.82, 2.24) is 15.5 Å². The maximum Gasteiger partial charge on any atom is 0.246 e. The first-order chi connectivity index (χ1) is 11.7. The molecule has 0 fully saturated rings. The van der Waals surface area contributed by atoms with E-state index >= 15 is 0 Å². The molecule has 0 aliphatic heterocycles. The van der Waals surface area contributed by atoms with Crippen molar-refractivity contribution in [2.45, 2.75) is 24.5 Å². The molecule has 0 aliphatic rings. The van der Waals surface area contributed by atoms with Crippen molar-refractivity contribution < 1.29 is 9.32 Å². The van der Waals surface area contributed by atoms with Crippen molar-refractivity contribution in [1.29, 1.82) is 0 Å². The van der Waals surface area contributed by atoms with Crippen molar-refractivity contribution in [2.24, 2.45) is 0 Å². The molecule has 0 spiro atoms. The average Bonchev–Trinajstić information content (AvgIpc) is 3.29. The Kier molecular flexibility index (Phi) is 5.66. The van der Waals surface area contributed by atoms with Crippen molar-refractivity contribution in [2.75, 3.05) is 0 Å². The van der Waals surface area contributed by atoms with E-state index < -0.39 is 0 Å². The van der Waals surface area contributed by atoms with Crippen LogP contribution in [0.3, 0.4) is 0 Å². The fourth-order valence-electron chi connectivity index (χ4n) is 2.01. The number of aromatic nitrogens is 2. The second kappa shape index (κ2) is 8.12. The van der Waals surface area contributed by atoms with Crippen LogP contribution in [0.2, 0.25) is 0 Å². The van der Waals surface area contributed by atoms with Gasteiger partial charge in [0.25, 0.3) is 0 Å². The topological polar surface area (TPSA) is 68.0 Å². The molecule has 1 N–H and O–H groups in total. The van der Waals surface area contributed by atoms with Crippen LogP contribution in [0.15, 0.2) is 52.4 Å². The van der Waals surface area contributed by atoms with E-state index in [0.717, 1.165) is 10.6 Å². The van der Waals surface area contributed by atoms with Crippen molar-refractivity contribution in [3.63, 3.8) is 0 Å². The van der Waals surface area contributed by atoms with Crippen LogP contribution < -0.4 is 5.32 Å². The Balaban J connectivity index is 1.46. The molecular weight excluding hydrogens is 342 g/mol. The Morgan fingerprint density at radius 1 is 1.29 bits per heavy atom. The molecule has 124 valence electrons. The zero-order valence-electron chi connectivity index (χ0n) is 13.1. The Bertz CT molecular complexity index is 772. The number of carbonyl (C=O) groups excluding carboxylic acids is 1. The molecule has 0 radical (unpaired) electrons. The van der Waals surface area contributed by atoms with Crippen molar-refractivity contribution >= 4 is 29.0 Å². The highest BCUT2D eigenvalue weighted by Gasteiger charge is 2.15. The lowest BCUT2D eigenvalue weighted by molar-refractivity contribution is -0.120. The molecule has 24 heavy (non-hydrogen) atoms. The smallest absolute Gasteiger partial charge is 0.246 e. The Morgan fingerprint density at radius 3 is 2.88 bits per heavy atom. The van der Waals surface area contributed by atoms with E-state index in [1.54, 1.807) is 23.1 Å². The van der Waals surface area contributed by atoms with E-state index in [4.69, 9.17) is 4.52 Å². The summed E-state index contributed by atoms with van der Waals surface area (Å²) >= 11 is 3.15. The number of amides is 1. The molecule has 0 aliphatic carbocycles. The van der Waals surface area contributed by atoms with Crippen molar-refractivity contribution in [3.05, 3.63) is 59.3 Å². The molecule has 0 unspecified atom stereocenters. The van der Waals surface area contributed by atoms with Crippen LogP contribution in [0, 0.1) is 0 Å². The van der Waals surface area contributed by atoms with E-state index in [1.807, 2.05) is 42.6 Å². The molecule has 7 heteroatoms. The van der Waals surface area contributed by atoms with Crippen LogP contribution in [-0.2, 0) is 17.1 Å². The number of thiophene rings is 1. The number of nitrogens with zero attached hydrogens (tertiary/aromatic N) is 2. The first kappa shape index (κ1) is 16.7. The summed E-state index contributed by atoms with van der Waals surface area (Å²) < 4.78 is 5.17. The van der Waals surface area contributed by atoms with Gasteiger partial charge in [0.05, 0.1) is 16.7 Å². The van der Waals surface area contributed by atoms with Crippen LogP contribution in [0.25, 0.3) is 10.7 Å². The largest absolute Gasteiger partial charge is 0.346 e. The van der Waals surface area contributed by atoms with E-state index in [-0.39, 0.29) is 17.7 Å². The molecule has 1 aromatic carbocycles.